The molecule has 110 valence electrons. The van der Waals surface area contributed by atoms with Gasteiger partial charge in [0.1, 0.15) is 0 Å². The Hall–Kier alpha value is -3.08. The number of anilines is 3. The third-order valence-electron chi connectivity index (χ3n) is 3.32. The zero-order chi connectivity index (χ0) is 15.4. The molecule has 2 aromatic carbocycles. The summed E-state index contributed by atoms with van der Waals surface area (Å²) < 4.78 is 0. The van der Waals surface area contributed by atoms with Gasteiger partial charge in [-0.3, -0.25) is 14.8 Å². The lowest BCUT2D eigenvalue weighted by Gasteiger charge is -2.23. The first-order chi connectivity index (χ1) is 10.7. The third kappa shape index (κ3) is 2.98. The molecule has 0 atom stereocenters. The maximum Gasteiger partial charge on any atom is 0.237 e. The fraction of sp³-hybridized carbons (Fsp3) is 0.0588. The Labute approximate surface area is 128 Å². The van der Waals surface area contributed by atoms with E-state index >= 15 is 0 Å². The number of carbonyl (C=O) groups excluding carboxylic acids is 1. The van der Waals surface area contributed by atoms with Gasteiger partial charge < -0.3 is 5.73 Å². The molecule has 1 aromatic heterocycles. The zero-order valence-electron chi connectivity index (χ0n) is 11.9. The standard InChI is InChI=1S/C17H16N4O/c18-13-6-8-16(9-7-13)21(15-4-2-1-3-5-15)17(22)12-14-10-11-19-20-14/h1-11H,12,18H2,(H,19,20). The Morgan fingerprint density at radius 1 is 1.00 bits per heavy atom. The lowest BCUT2D eigenvalue weighted by atomic mass is 10.2. The van der Waals surface area contributed by atoms with E-state index in [9.17, 15) is 4.79 Å². The van der Waals surface area contributed by atoms with Crippen molar-refractivity contribution in [1.82, 2.24) is 10.2 Å². The minimum Gasteiger partial charge on any atom is -0.399 e. The number of hydrogen-bond donors (Lipinski definition) is 2. The summed E-state index contributed by atoms with van der Waals surface area (Å²) in [4.78, 5) is 14.4. The molecule has 5 heteroatoms. The van der Waals surface area contributed by atoms with Crippen molar-refractivity contribution >= 4 is 23.0 Å². The van der Waals surface area contributed by atoms with Gasteiger partial charge in [-0.15, -0.1) is 0 Å². The Kier molecular flexibility index (Phi) is 3.87. The lowest BCUT2D eigenvalue weighted by molar-refractivity contribution is -0.117. The number of nitrogens with zero attached hydrogens (tertiary/aromatic N) is 2. The van der Waals surface area contributed by atoms with Crippen molar-refractivity contribution in [3.8, 4) is 0 Å². The summed E-state index contributed by atoms with van der Waals surface area (Å²) in [5.41, 5.74) is 8.78. The molecular weight excluding hydrogens is 276 g/mol. The number of amides is 1. The minimum atomic E-state index is -0.0415. The number of aromatic nitrogens is 2. The highest BCUT2D eigenvalue weighted by Gasteiger charge is 2.18. The smallest absolute Gasteiger partial charge is 0.237 e. The second kappa shape index (κ2) is 6.13. The predicted molar refractivity (Wildman–Crippen MR) is 86.7 cm³/mol. The van der Waals surface area contributed by atoms with E-state index in [0.717, 1.165) is 17.1 Å². The van der Waals surface area contributed by atoms with Gasteiger partial charge in [0.25, 0.3) is 0 Å². The Morgan fingerprint density at radius 3 is 2.32 bits per heavy atom. The molecule has 5 nitrogen and oxygen atoms in total. The van der Waals surface area contributed by atoms with Crippen molar-refractivity contribution in [1.29, 1.82) is 0 Å². The molecule has 22 heavy (non-hydrogen) atoms. The summed E-state index contributed by atoms with van der Waals surface area (Å²) in [6.45, 7) is 0. The molecule has 0 aliphatic rings. The van der Waals surface area contributed by atoms with E-state index in [-0.39, 0.29) is 12.3 Å². The quantitative estimate of drug-likeness (QED) is 0.726. The van der Waals surface area contributed by atoms with Crippen LogP contribution in [0.5, 0.6) is 0 Å². The van der Waals surface area contributed by atoms with Crippen LogP contribution in [0.1, 0.15) is 5.69 Å². The Morgan fingerprint density at radius 2 is 1.68 bits per heavy atom. The molecule has 3 N–H and O–H groups in total. The summed E-state index contributed by atoms with van der Waals surface area (Å²) in [6.07, 6.45) is 1.89. The molecule has 0 fully saturated rings. The maximum absolute atomic E-state index is 12.7. The molecule has 0 bridgehead atoms. The molecule has 0 radical (unpaired) electrons. The highest BCUT2D eigenvalue weighted by Crippen LogP contribution is 2.26. The zero-order valence-corrected chi connectivity index (χ0v) is 11.9. The van der Waals surface area contributed by atoms with Crippen LogP contribution >= 0.6 is 0 Å². The largest absolute Gasteiger partial charge is 0.399 e. The summed E-state index contributed by atoms with van der Waals surface area (Å²) in [7, 11) is 0. The second-order valence-electron chi connectivity index (χ2n) is 4.91. The number of nitrogens with one attached hydrogen (secondary N) is 1. The van der Waals surface area contributed by atoms with Gasteiger partial charge in [-0.1, -0.05) is 18.2 Å². The van der Waals surface area contributed by atoms with Crippen molar-refractivity contribution in [3.63, 3.8) is 0 Å². The fourth-order valence-corrected chi connectivity index (χ4v) is 2.26. The monoisotopic (exact) mass is 292 g/mol. The molecular formula is C17H16N4O. The van der Waals surface area contributed by atoms with E-state index in [0.29, 0.717) is 5.69 Å². The van der Waals surface area contributed by atoms with E-state index in [1.165, 1.54) is 0 Å². The van der Waals surface area contributed by atoms with Crippen molar-refractivity contribution in [2.45, 2.75) is 6.42 Å². The molecule has 1 amide bonds. The minimum absolute atomic E-state index is 0.0415. The van der Waals surface area contributed by atoms with Crippen LogP contribution < -0.4 is 10.6 Å². The Balaban J connectivity index is 1.95. The number of para-hydroxylation sites is 1. The summed E-state index contributed by atoms with van der Waals surface area (Å²) in [5.74, 6) is -0.0415. The van der Waals surface area contributed by atoms with Crippen LogP contribution in [0.4, 0.5) is 17.1 Å². The van der Waals surface area contributed by atoms with Crippen molar-refractivity contribution in [3.05, 3.63) is 72.6 Å². The number of H-pyrrole nitrogens is 1. The Bertz CT molecular complexity index is 736. The number of rotatable bonds is 4. The van der Waals surface area contributed by atoms with Gasteiger partial charge in [-0.2, -0.15) is 5.10 Å². The maximum atomic E-state index is 12.7. The van der Waals surface area contributed by atoms with Gasteiger partial charge in [-0.25, -0.2) is 0 Å². The highest BCUT2D eigenvalue weighted by atomic mass is 16.2. The van der Waals surface area contributed by atoms with Crippen LogP contribution in [0.2, 0.25) is 0 Å². The van der Waals surface area contributed by atoms with E-state index in [2.05, 4.69) is 10.2 Å². The van der Waals surface area contributed by atoms with Crippen LogP contribution in [0, 0.1) is 0 Å². The number of hydrogen-bond acceptors (Lipinski definition) is 3. The summed E-state index contributed by atoms with van der Waals surface area (Å²) in [6, 6.07) is 18.6. The SMILES string of the molecule is Nc1ccc(N(C(=O)Cc2ccn[nH]2)c2ccccc2)cc1. The third-order valence-corrected chi connectivity index (χ3v) is 3.32. The van der Waals surface area contributed by atoms with Crippen LogP contribution in [0.25, 0.3) is 0 Å². The number of nitrogens with two attached hydrogens (primary N) is 1. The van der Waals surface area contributed by atoms with E-state index < -0.39 is 0 Å². The van der Waals surface area contributed by atoms with Crippen molar-refractivity contribution in [2.75, 3.05) is 10.6 Å². The number of carbonyl (C=O) groups is 1. The average Bonchev–Trinajstić information content (AvgIpc) is 3.03. The second-order valence-corrected chi connectivity index (χ2v) is 4.91. The van der Waals surface area contributed by atoms with Crippen LogP contribution in [-0.2, 0) is 11.2 Å². The van der Waals surface area contributed by atoms with Gasteiger partial charge in [0.15, 0.2) is 0 Å². The number of benzene rings is 2. The topological polar surface area (TPSA) is 75.0 Å². The molecule has 0 aliphatic carbocycles. The first-order valence-electron chi connectivity index (χ1n) is 6.96. The van der Waals surface area contributed by atoms with Gasteiger partial charge in [0, 0.05) is 29.0 Å². The summed E-state index contributed by atoms with van der Waals surface area (Å²) in [5, 5.41) is 6.70. The molecule has 3 aromatic rings. The average molecular weight is 292 g/mol. The number of nitrogen functional groups attached to an aromatic ring is 1. The molecule has 0 aliphatic heterocycles. The van der Waals surface area contributed by atoms with Crippen molar-refractivity contribution < 1.29 is 4.79 Å². The molecule has 0 spiro atoms. The van der Waals surface area contributed by atoms with E-state index in [4.69, 9.17) is 5.73 Å². The number of aromatic amines is 1. The van der Waals surface area contributed by atoms with Gasteiger partial charge in [-0.05, 0) is 42.5 Å². The van der Waals surface area contributed by atoms with E-state index in [1.54, 1.807) is 29.3 Å². The molecule has 3 rings (SSSR count). The van der Waals surface area contributed by atoms with E-state index in [1.807, 2.05) is 42.5 Å². The van der Waals surface area contributed by atoms with Crippen LogP contribution in [0.15, 0.2) is 66.9 Å². The van der Waals surface area contributed by atoms with Gasteiger partial charge in [0.05, 0.1) is 6.42 Å². The van der Waals surface area contributed by atoms with Gasteiger partial charge >= 0.3 is 0 Å². The van der Waals surface area contributed by atoms with Crippen molar-refractivity contribution in [2.24, 2.45) is 0 Å². The lowest BCUT2D eigenvalue weighted by Crippen LogP contribution is -2.27. The molecule has 0 unspecified atom stereocenters. The normalized spacial score (nSPS) is 10.4. The summed E-state index contributed by atoms with van der Waals surface area (Å²) >= 11 is 0. The molecule has 0 saturated carbocycles. The molecule has 0 saturated heterocycles. The fourth-order valence-electron chi connectivity index (χ4n) is 2.26. The van der Waals surface area contributed by atoms with Gasteiger partial charge in [0.2, 0.25) is 5.91 Å². The molecule has 1 heterocycles. The van der Waals surface area contributed by atoms with Crippen LogP contribution in [-0.4, -0.2) is 16.1 Å². The first kappa shape index (κ1) is 13.9. The highest BCUT2D eigenvalue weighted by molar-refractivity contribution is 6.01. The first-order valence-corrected chi connectivity index (χ1v) is 6.96. The van der Waals surface area contributed by atoms with Crippen LogP contribution in [0.3, 0.4) is 0 Å². The predicted octanol–water partition coefficient (Wildman–Crippen LogP) is 2.90.